The first-order valence-electron chi connectivity index (χ1n) is 6.62. The van der Waals surface area contributed by atoms with Crippen molar-refractivity contribution >= 4 is 6.01 Å². The molecule has 1 aliphatic heterocycles. The Bertz CT molecular complexity index is 359. The topological polar surface area (TPSA) is 50.5 Å². The van der Waals surface area contributed by atoms with Gasteiger partial charge in [-0.1, -0.05) is 13.8 Å². The molecule has 1 unspecified atom stereocenters. The van der Waals surface area contributed by atoms with Gasteiger partial charge in [-0.15, -0.1) is 0 Å². The lowest BCUT2D eigenvalue weighted by molar-refractivity contribution is 0.193. The van der Waals surface area contributed by atoms with Gasteiger partial charge >= 0.3 is 0 Å². The third-order valence-corrected chi connectivity index (χ3v) is 3.15. The van der Waals surface area contributed by atoms with Crippen LogP contribution in [0.15, 0.2) is 10.7 Å². The average Bonchev–Trinajstić information content (AvgIpc) is 2.99. The molecule has 1 N–H and O–H groups in total. The second-order valence-corrected chi connectivity index (χ2v) is 5.27. The van der Waals surface area contributed by atoms with E-state index in [0.29, 0.717) is 18.0 Å². The number of nitrogens with zero attached hydrogens (tertiary/aromatic N) is 2. The van der Waals surface area contributed by atoms with Crippen LogP contribution in [0.5, 0.6) is 0 Å². The van der Waals surface area contributed by atoms with Crippen LogP contribution in [0.2, 0.25) is 0 Å². The van der Waals surface area contributed by atoms with Crippen LogP contribution in [0.25, 0.3) is 0 Å². The Morgan fingerprint density at radius 1 is 1.56 bits per heavy atom. The third-order valence-electron chi connectivity index (χ3n) is 3.15. The average molecular weight is 253 g/mol. The van der Waals surface area contributed by atoms with E-state index in [0.717, 1.165) is 38.4 Å². The number of likely N-dealkylation sites (N-methyl/N-ethyl adjacent to an activating group) is 1. The molecule has 1 aliphatic rings. The zero-order valence-electron chi connectivity index (χ0n) is 11.5. The summed E-state index contributed by atoms with van der Waals surface area (Å²) in [6.45, 7) is 7.73. The summed E-state index contributed by atoms with van der Waals surface area (Å²) in [5, 5.41) is 3.36. The highest BCUT2D eigenvalue weighted by Gasteiger charge is 2.23. The number of hydrogen-bond acceptors (Lipinski definition) is 5. The number of nitrogens with one attached hydrogen (secondary N) is 1. The van der Waals surface area contributed by atoms with Gasteiger partial charge in [0.15, 0.2) is 0 Å². The minimum atomic E-state index is 0.389. The SMILES string of the molecule is CC(C)CNCc1coc(N(C)C2CCOC2)n1. The Morgan fingerprint density at radius 3 is 3.06 bits per heavy atom. The lowest BCUT2D eigenvalue weighted by atomic mass is 10.2. The molecule has 1 saturated heterocycles. The highest BCUT2D eigenvalue weighted by Crippen LogP contribution is 2.19. The lowest BCUT2D eigenvalue weighted by Crippen LogP contribution is -2.32. The monoisotopic (exact) mass is 253 g/mol. The smallest absolute Gasteiger partial charge is 0.297 e. The summed E-state index contributed by atoms with van der Waals surface area (Å²) in [4.78, 5) is 6.56. The fraction of sp³-hybridized carbons (Fsp3) is 0.769. The van der Waals surface area contributed by atoms with Gasteiger partial charge in [-0.2, -0.15) is 4.98 Å². The number of rotatable bonds is 6. The second-order valence-electron chi connectivity index (χ2n) is 5.27. The molecule has 5 heteroatoms. The predicted molar refractivity (Wildman–Crippen MR) is 70.7 cm³/mol. The van der Waals surface area contributed by atoms with Crippen LogP contribution in [0.3, 0.4) is 0 Å². The van der Waals surface area contributed by atoms with Gasteiger partial charge in [-0.3, -0.25) is 0 Å². The first kappa shape index (κ1) is 13.4. The number of ether oxygens (including phenoxy) is 1. The minimum absolute atomic E-state index is 0.389. The fourth-order valence-electron chi connectivity index (χ4n) is 2.01. The lowest BCUT2D eigenvalue weighted by Gasteiger charge is -2.20. The zero-order chi connectivity index (χ0) is 13.0. The normalized spacial score (nSPS) is 19.7. The molecular weight excluding hydrogens is 230 g/mol. The summed E-state index contributed by atoms with van der Waals surface area (Å²) in [7, 11) is 2.01. The largest absolute Gasteiger partial charge is 0.432 e. The van der Waals surface area contributed by atoms with E-state index in [1.54, 1.807) is 6.26 Å². The van der Waals surface area contributed by atoms with Gasteiger partial charge in [0, 0.05) is 20.2 Å². The minimum Gasteiger partial charge on any atom is -0.432 e. The van der Waals surface area contributed by atoms with E-state index in [2.05, 4.69) is 29.0 Å². The molecule has 0 radical (unpaired) electrons. The fourth-order valence-corrected chi connectivity index (χ4v) is 2.01. The van der Waals surface area contributed by atoms with Gasteiger partial charge in [0.05, 0.1) is 18.3 Å². The maximum absolute atomic E-state index is 5.52. The summed E-state index contributed by atoms with van der Waals surface area (Å²) in [6, 6.07) is 1.08. The van der Waals surface area contributed by atoms with Gasteiger partial charge < -0.3 is 19.4 Å². The molecule has 2 rings (SSSR count). The zero-order valence-corrected chi connectivity index (χ0v) is 11.5. The number of oxazole rings is 1. The van der Waals surface area contributed by atoms with Crippen molar-refractivity contribution in [2.75, 3.05) is 31.7 Å². The molecule has 0 aromatic carbocycles. The van der Waals surface area contributed by atoms with Crippen LogP contribution in [-0.4, -0.2) is 37.8 Å². The van der Waals surface area contributed by atoms with E-state index in [1.165, 1.54) is 0 Å². The molecule has 1 fully saturated rings. The van der Waals surface area contributed by atoms with Gasteiger partial charge in [0.25, 0.3) is 6.01 Å². The molecule has 0 bridgehead atoms. The Hall–Kier alpha value is -1.07. The van der Waals surface area contributed by atoms with Crippen LogP contribution < -0.4 is 10.2 Å². The molecular formula is C13H23N3O2. The van der Waals surface area contributed by atoms with Crippen LogP contribution in [-0.2, 0) is 11.3 Å². The number of hydrogen-bond donors (Lipinski definition) is 1. The number of aromatic nitrogens is 1. The van der Waals surface area contributed by atoms with Crippen molar-refractivity contribution in [3.05, 3.63) is 12.0 Å². The molecule has 1 aromatic heterocycles. The van der Waals surface area contributed by atoms with Crippen molar-refractivity contribution in [1.29, 1.82) is 0 Å². The van der Waals surface area contributed by atoms with Crippen LogP contribution >= 0.6 is 0 Å². The molecule has 102 valence electrons. The van der Waals surface area contributed by atoms with Crippen LogP contribution in [0, 0.1) is 5.92 Å². The summed E-state index contributed by atoms with van der Waals surface area (Å²) in [6.07, 6.45) is 2.77. The molecule has 1 atom stereocenters. The van der Waals surface area contributed by atoms with Crippen LogP contribution in [0.4, 0.5) is 6.01 Å². The van der Waals surface area contributed by atoms with Gasteiger partial charge in [0.2, 0.25) is 0 Å². The van der Waals surface area contributed by atoms with Gasteiger partial charge in [-0.25, -0.2) is 0 Å². The van der Waals surface area contributed by atoms with E-state index in [1.807, 2.05) is 7.05 Å². The first-order chi connectivity index (χ1) is 8.66. The van der Waals surface area contributed by atoms with E-state index < -0.39 is 0 Å². The summed E-state index contributed by atoms with van der Waals surface area (Å²) in [5.41, 5.74) is 0.955. The Labute approximate surface area is 109 Å². The Morgan fingerprint density at radius 2 is 2.39 bits per heavy atom. The molecule has 0 aliphatic carbocycles. The third kappa shape index (κ3) is 3.46. The van der Waals surface area contributed by atoms with E-state index in [9.17, 15) is 0 Å². The Kier molecular flexibility index (Phi) is 4.60. The van der Waals surface area contributed by atoms with Crippen molar-refractivity contribution in [1.82, 2.24) is 10.3 Å². The maximum atomic E-state index is 5.52. The molecule has 0 spiro atoms. The van der Waals surface area contributed by atoms with E-state index >= 15 is 0 Å². The molecule has 0 amide bonds. The van der Waals surface area contributed by atoms with E-state index in [-0.39, 0.29) is 0 Å². The molecule has 2 heterocycles. The molecule has 18 heavy (non-hydrogen) atoms. The van der Waals surface area contributed by atoms with Crippen molar-refractivity contribution in [2.24, 2.45) is 5.92 Å². The summed E-state index contributed by atoms with van der Waals surface area (Å²) in [5.74, 6) is 0.648. The Balaban J connectivity index is 1.85. The molecule has 0 saturated carbocycles. The van der Waals surface area contributed by atoms with Crippen LogP contribution in [0.1, 0.15) is 26.0 Å². The van der Waals surface area contributed by atoms with Crippen molar-refractivity contribution < 1.29 is 9.15 Å². The summed E-state index contributed by atoms with van der Waals surface area (Å²) >= 11 is 0. The standard InChI is InChI=1S/C13H23N3O2/c1-10(2)6-14-7-11-8-18-13(15-11)16(3)12-4-5-17-9-12/h8,10,12,14H,4-7,9H2,1-3H3. The van der Waals surface area contributed by atoms with Crippen molar-refractivity contribution in [3.63, 3.8) is 0 Å². The second kappa shape index (κ2) is 6.20. The maximum Gasteiger partial charge on any atom is 0.297 e. The number of anilines is 1. The highest BCUT2D eigenvalue weighted by atomic mass is 16.5. The van der Waals surface area contributed by atoms with Gasteiger partial charge in [-0.05, 0) is 18.9 Å². The van der Waals surface area contributed by atoms with Crippen molar-refractivity contribution in [2.45, 2.75) is 32.9 Å². The van der Waals surface area contributed by atoms with Gasteiger partial charge in [0.1, 0.15) is 6.26 Å². The van der Waals surface area contributed by atoms with Crippen molar-refractivity contribution in [3.8, 4) is 0 Å². The molecule has 1 aromatic rings. The first-order valence-corrected chi connectivity index (χ1v) is 6.62. The summed E-state index contributed by atoms with van der Waals surface area (Å²) < 4.78 is 10.9. The van der Waals surface area contributed by atoms with E-state index in [4.69, 9.17) is 9.15 Å². The highest BCUT2D eigenvalue weighted by molar-refractivity contribution is 5.27. The quantitative estimate of drug-likeness (QED) is 0.835. The predicted octanol–water partition coefficient (Wildman–Crippen LogP) is 1.65. The molecule has 5 nitrogen and oxygen atoms in total.